The zero-order valence-electron chi connectivity index (χ0n) is 13.1. The number of aromatic nitrogens is 5. The zero-order chi connectivity index (χ0) is 16.0. The second-order valence-corrected chi connectivity index (χ2v) is 5.88. The minimum atomic E-state index is 0.600. The summed E-state index contributed by atoms with van der Waals surface area (Å²) >= 11 is 0. The van der Waals surface area contributed by atoms with E-state index in [1.54, 1.807) is 4.52 Å². The van der Waals surface area contributed by atoms with E-state index in [9.17, 15) is 0 Å². The van der Waals surface area contributed by atoms with Gasteiger partial charge in [-0.2, -0.15) is 4.52 Å². The van der Waals surface area contributed by atoms with Crippen LogP contribution >= 0.6 is 0 Å². The number of rotatable bonds is 1. The van der Waals surface area contributed by atoms with Crippen LogP contribution in [0, 0.1) is 13.5 Å². The van der Waals surface area contributed by atoms with Crippen LogP contribution in [0.5, 0.6) is 0 Å². The first-order chi connectivity index (χ1) is 11.2. The molecule has 0 N–H and O–H groups in total. The van der Waals surface area contributed by atoms with Gasteiger partial charge in [0.15, 0.2) is 11.5 Å². The number of hydrogen-bond acceptors (Lipinski definition) is 6. The number of benzene rings is 1. The third-order valence-corrected chi connectivity index (χ3v) is 4.34. The van der Waals surface area contributed by atoms with Gasteiger partial charge in [-0.05, 0) is 42.1 Å². The van der Waals surface area contributed by atoms with Gasteiger partial charge in [0.05, 0.1) is 17.6 Å². The van der Waals surface area contributed by atoms with E-state index in [1.165, 1.54) is 0 Å². The number of aryl methyl sites for hydroxylation is 1. The van der Waals surface area contributed by atoms with Crippen molar-refractivity contribution in [3.8, 4) is 0 Å². The largest absolute Gasteiger partial charge is 0.351 e. The molecule has 0 unspecified atom stereocenters. The Balaban J connectivity index is 1.94. The molecule has 4 rings (SSSR count). The summed E-state index contributed by atoms with van der Waals surface area (Å²) in [5.74, 6) is 0.811. The van der Waals surface area contributed by atoms with Crippen LogP contribution in [0.2, 0.25) is 0 Å². The number of tetrazole rings is 1. The molecule has 1 saturated heterocycles. The van der Waals surface area contributed by atoms with Crippen molar-refractivity contribution in [2.45, 2.75) is 6.92 Å². The Kier molecular flexibility index (Phi) is 3.09. The van der Waals surface area contributed by atoms with Crippen molar-refractivity contribution in [3.05, 3.63) is 29.1 Å². The molecule has 0 amide bonds. The topological polar surface area (TPSA) is 66.8 Å². The first kappa shape index (κ1) is 13.8. The number of fused-ring (bicyclic) bond motifs is 3. The molecular weight excluding hydrogens is 292 g/mol. The van der Waals surface area contributed by atoms with Crippen molar-refractivity contribution >= 4 is 28.2 Å². The summed E-state index contributed by atoms with van der Waals surface area (Å²) in [6.45, 7) is 13.0. The Bertz CT molecular complexity index is 930. The molecule has 8 heteroatoms. The van der Waals surface area contributed by atoms with E-state index in [4.69, 9.17) is 11.6 Å². The van der Waals surface area contributed by atoms with E-state index >= 15 is 0 Å². The van der Waals surface area contributed by atoms with Crippen molar-refractivity contribution < 1.29 is 0 Å². The van der Waals surface area contributed by atoms with Crippen LogP contribution in [0.4, 0.5) is 11.5 Å². The fourth-order valence-electron chi connectivity index (χ4n) is 2.93. The lowest BCUT2D eigenvalue weighted by atomic mass is 10.1. The highest BCUT2D eigenvalue weighted by atomic mass is 15.5. The maximum absolute atomic E-state index is 7.28. The summed E-state index contributed by atoms with van der Waals surface area (Å²) in [6.07, 6.45) is 0. The van der Waals surface area contributed by atoms with Crippen molar-refractivity contribution in [1.29, 1.82) is 0 Å². The maximum Gasteiger partial charge on any atom is 0.222 e. The first-order valence-electron chi connectivity index (χ1n) is 7.51. The van der Waals surface area contributed by atoms with Crippen LogP contribution in [-0.2, 0) is 0 Å². The maximum atomic E-state index is 7.28. The highest BCUT2D eigenvalue weighted by molar-refractivity contribution is 5.86. The number of likely N-dealkylation sites (N-methyl/N-ethyl adjacent to an activating group) is 1. The van der Waals surface area contributed by atoms with Crippen LogP contribution in [0.1, 0.15) is 5.56 Å². The summed E-state index contributed by atoms with van der Waals surface area (Å²) in [4.78, 5) is 12.9. The van der Waals surface area contributed by atoms with E-state index in [1.807, 2.05) is 19.1 Å². The van der Waals surface area contributed by atoms with Gasteiger partial charge in [-0.15, -0.1) is 5.10 Å². The average Bonchev–Trinajstić information content (AvgIpc) is 3.04. The summed E-state index contributed by atoms with van der Waals surface area (Å²) in [5, 5.41) is 12.1. The summed E-state index contributed by atoms with van der Waals surface area (Å²) in [5.41, 5.74) is 3.73. The highest BCUT2D eigenvalue weighted by Crippen LogP contribution is 2.28. The minimum Gasteiger partial charge on any atom is -0.351 e. The molecule has 8 nitrogen and oxygen atoms in total. The van der Waals surface area contributed by atoms with Gasteiger partial charge in [0.1, 0.15) is 0 Å². The molecule has 0 spiro atoms. The van der Waals surface area contributed by atoms with Gasteiger partial charge >= 0.3 is 0 Å². The second-order valence-electron chi connectivity index (χ2n) is 5.88. The molecule has 116 valence electrons. The molecule has 0 bridgehead atoms. The van der Waals surface area contributed by atoms with Crippen LogP contribution < -0.4 is 4.90 Å². The van der Waals surface area contributed by atoms with Crippen LogP contribution in [0.3, 0.4) is 0 Å². The van der Waals surface area contributed by atoms with Crippen molar-refractivity contribution in [2.24, 2.45) is 0 Å². The Hall–Kier alpha value is -2.79. The number of piperazine rings is 1. The lowest BCUT2D eigenvalue weighted by Gasteiger charge is -2.33. The van der Waals surface area contributed by atoms with Gasteiger partial charge in [0.25, 0.3) is 0 Å². The van der Waals surface area contributed by atoms with Gasteiger partial charge in [-0.3, -0.25) is 0 Å². The number of anilines is 1. The van der Waals surface area contributed by atoms with Crippen molar-refractivity contribution in [1.82, 2.24) is 29.9 Å². The van der Waals surface area contributed by atoms with Crippen molar-refractivity contribution in [3.63, 3.8) is 0 Å². The smallest absolute Gasteiger partial charge is 0.222 e. The Morgan fingerprint density at radius 1 is 1.17 bits per heavy atom. The van der Waals surface area contributed by atoms with E-state index in [0.717, 1.165) is 48.6 Å². The summed E-state index contributed by atoms with van der Waals surface area (Å²) < 4.78 is 1.68. The molecule has 1 aliphatic rings. The van der Waals surface area contributed by atoms with Crippen LogP contribution in [0.25, 0.3) is 21.5 Å². The quantitative estimate of drug-likeness (QED) is 0.631. The van der Waals surface area contributed by atoms with E-state index in [2.05, 4.69) is 37.2 Å². The predicted octanol–water partition coefficient (Wildman–Crippen LogP) is 1.28. The standard InChI is InChI=1S/C15H16N8/c1-10-8-12-13(9-11(10)16-2)23-15(18-19-20-23)14(17-12)22-6-4-21(3)5-7-22/h8-9H,4-7H2,1,3H3. The monoisotopic (exact) mass is 308 g/mol. The SMILES string of the molecule is [C-]#[N+]c1cc2c(cc1C)nc(N1CCN(C)CC1)c1nnnn12. The van der Waals surface area contributed by atoms with E-state index in [-0.39, 0.29) is 0 Å². The zero-order valence-corrected chi connectivity index (χ0v) is 13.1. The van der Waals surface area contributed by atoms with Gasteiger partial charge in [-0.1, -0.05) is 0 Å². The van der Waals surface area contributed by atoms with Crippen LogP contribution in [-0.4, -0.2) is 63.2 Å². The second kappa shape index (κ2) is 5.14. The van der Waals surface area contributed by atoms with Gasteiger partial charge in [0, 0.05) is 26.2 Å². The fraction of sp³-hybridized carbons (Fsp3) is 0.400. The molecule has 1 aromatic carbocycles. The molecule has 3 heterocycles. The van der Waals surface area contributed by atoms with Crippen LogP contribution in [0.15, 0.2) is 12.1 Å². The highest BCUT2D eigenvalue weighted by Gasteiger charge is 2.21. The summed E-state index contributed by atoms with van der Waals surface area (Å²) in [6, 6.07) is 3.74. The molecule has 23 heavy (non-hydrogen) atoms. The lowest BCUT2D eigenvalue weighted by molar-refractivity contribution is 0.312. The van der Waals surface area contributed by atoms with Crippen molar-refractivity contribution in [2.75, 3.05) is 38.1 Å². The molecule has 0 saturated carbocycles. The third-order valence-electron chi connectivity index (χ3n) is 4.34. The fourth-order valence-corrected chi connectivity index (χ4v) is 2.93. The van der Waals surface area contributed by atoms with E-state index < -0.39 is 0 Å². The normalized spacial score (nSPS) is 16.1. The molecule has 0 aliphatic carbocycles. The predicted molar refractivity (Wildman–Crippen MR) is 86.8 cm³/mol. The van der Waals surface area contributed by atoms with Gasteiger partial charge in [0.2, 0.25) is 5.65 Å². The molecule has 2 aromatic heterocycles. The average molecular weight is 308 g/mol. The minimum absolute atomic E-state index is 0.600. The lowest BCUT2D eigenvalue weighted by Crippen LogP contribution is -2.45. The van der Waals surface area contributed by atoms with Gasteiger partial charge in [-0.25, -0.2) is 9.83 Å². The number of nitrogens with zero attached hydrogens (tertiary/aromatic N) is 8. The molecule has 0 radical (unpaired) electrons. The first-order valence-corrected chi connectivity index (χ1v) is 7.51. The molecule has 0 atom stereocenters. The Labute approximate surface area is 133 Å². The van der Waals surface area contributed by atoms with E-state index in [0.29, 0.717) is 11.3 Å². The molecular formula is C15H16N8. The van der Waals surface area contributed by atoms with Gasteiger partial charge < -0.3 is 9.80 Å². The third kappa shape index (κ3) is 2.17. The Morgan fingerprint density at radius 3 is 2.70 bits per heavy atom. The summed E-state index contributed by atoms with van der Waals surface area (Å²) in [7, 11) is 2.12. The number of hydrogen-bond donors (Lipinski definition) is 0. The molecule has 1 fully saturated rings. The Morgan fingerprint density at radius 2 is 1.96 bits per heavy atom. The molecule has 3 aromatic rings. The molecule has 1 aliphatic heterocycles.